The molecule has 1 unspecified atom stereocenters. The number of thioether (sulfide) groups is 1. The first kappa shape index (κ1) is 21.1. The lowest BCUT2D eigenvalue weighted by molar-refractivity contribution is -0.117. The van der Waals surface area contributed by atoms with Gasteiger partial charge >= 0.3 is 0 Å². The molecule has 1 atom stereocenters. The van der Waals surface area contributed by atoms with Gasteiger partial charge in [-0.1, -0.05) is 19.1 Å². The SMILES string of the molecule is CN=C(NCc1ccc(N2CCCC2=O)cc1)NCC(C)SC.I. The predicted molar refractivity (Wildman–Crippen MR) is 115 cm³/mol. The van der Waals surface area contributed by atoms with Crippen molar-refractivity contribution in [3.8, 4) is 0 Å². The van der Waals surface area contributed by atoms with Crippen molar-refractivity contribution in [2.75, 3.05) is 31.3 Å². The molecule has 0 radical (unpaired) electrons. The molecule has 1 aromatic carbocycles. The second kappa shape index (κ2) is 10.8. The van der Waals surface area contributed by atoms with Crippen molar-refractivity contribution in [2.24, 2.45) is 4.99 Å². The van der Waals surface area contributed by atoms with Gasteiger partial charge in [0.15, 0.2) is 5.96 Å². The Morgan fingerprint density at radius 3 is 2.58 bits per heavy atom. The number of carbonyl (C=O) groups is 1. The molecule has 0 aromatic heterocycles. The minimum absolute atomic E-state index is 0. The molecule has 7 heteroatoms. The molecule has 24 heavy (non-hydrogen) atoms. The number of carbonyl (C=O) groups excluding carboxylic acids is 1. The van der Waals surface area contributed by atoms with Crippen LogP contribution < -0.4 is 15.5 Å². The van der Waals surface area contributed by atoms with Gasteiger partial charge in [-0.05, 0) is 30.4 Å². The minimum Gasteiger partial charge on any atom is -0.355 e. The summed E-state index contributed by atoms with van der Waals surface area (Å²) >= 11 is 1.83. The van der Waals surface area contributed by atoms with Crippen LogP contribution in [0.15, 0.2) is 29.3 Å². The highest BCUT2D eigenvalue weighted by atomic mass is 127. The molecular formula is C17H27IN4OS. The summed E-state index contributed by atoms with van der Waals surface area (Å²) in [6, 6.07) is 8.16. The molecule has 0 bridgehead atoms. The highest BCUT2D eigenvalue weighted by Crippen LogP contribution is 2.21. The fourth-order valence-electron chi connectivity index (χ4n) is 2.45. The normalized spacial score (nSPS) is 15.9. The summed E-state index contributed by atoms with van der Waals surface area (Å²) in [6.45, 7) is 4.61. The molecule has 1 fully saturated rings. The molecule has 1 amide bonds. The van der Waals surface area contributed by atoms with Gasteiger partial charge in [-0.25, -0.2) is 0 Å². The van der Waals surface area contributed by atoms with E-state index in [1.165, 1.54) is 5.56 Å². The van der Waals surface area contributed by atoms with Gasteiger partial charge in [0.05, 0.1) is 0 Å². The van der Waals surface area contributed by atoms with Gasteiger partial charge < -0.3 is 15.5 Å². The zero-order valence-electron chi connectivity index (χ0n) is 14.5. The van der Waals surface area contributed by atoms with E-state index in [1.807, 2.05) is 28.8 Å². The van der Waals surface area contributed by atoms with Crippen molar-refractivity contribution in [3.63, 3.8) is 0 Å². The van der Waals surface area contributed by atoms with E-state index in [0.717, 1.165) is 31.2 Å². The summed E-state index contributed by atoms with van der Waals surface area (Å²) < 4.78 is 0. The Kier molecular flexibility index (Phi) is 9.50. The number of guanidine groups is 1. The number of rotatable bonds is 6. The highest BCUT2D eigenvalue weighted by Gasteiger charge is 2.21. The van der Waals surface area contributed by atoms with Crippen LogP contribution in [-0.4, -0.2) is 43.5 Å². The van der Waals surface area contributed by atoms with E-state index in [0.29, 0.717) is 18.2 Å². The lowest BCUT2D eigenvalue weighted by Crippen LogP contribution is -2.39. The molecule has 134 valence electrons. The Hall–Kier alpha value is -0.960. The largest absolute Gasteiger partial charge is 0.355 e. The van der Waals surface area contributed by atoms with E-state index in [2.05, 4.69) is 40.9 Å². The summed E-state index contributed by atoms with van der Waals surface area (Å²) in [4.78, 5) is 17.8. The van der Waals surface area contributed by atoms with Crippen LogP contribution in [0.3, 0.4) is 0 Å². The first-order valence-corrected chi connectivity index (χ1v) is 9.29. The zero-order chi connectivity index (χ0) is 16.7. The molecule has 1 aliphatic rings. The molecular weight excluding hydrogens is 435 g/mol. The monoisotopic (exact) mass is 462 g/mol. The molecule has 1 aliphatic heterocycles. The zero-order valence-corrected chi connectivity index (χ0v) is 17.7. The van der Waals surface area contributed by atoms with Crippen molar-refractivity contribution >= 4 is 53.3 Å². The predicted octanol–water partition coefficient (Wildman–Crippen LogP) is 2.85. The van der Waals surface area contributed by atoms with Crippen LogP contribution in [0.5, 0.6) is 0 Å². The van der Waals surface area contributed by atoms with Crippen molar-refractivity contribution in [2.45, 2.75) is 31.6 Å². The average Bonchev–Trinajstić information content (AvgIpc) is 3.01. The van der Waals surface area contributed by atoms with E-state index in [1.54, 1.807) is 7.05 Å². The molecule has 2 N–H and O–H groups in total. The van der Waals surface area contributed by atoms with Crippen LogP contribution in [0.25, 0.3) is 0 Å². The first-order chi connectivity index (χ1) is 11.1. The van der Waals surface area contributed by atoms with Gasteiger partial charge in [-0.3, -0.25) is 9.79 Å². The minimum atomic E-state index is 0. The van der Waals surface area contributed by atoms with Crippen LogP contribution in [0.2, 0.25) is 0 Å². The second-order valence-corrected chi connectivity index (χ2v) is 6.94. The molecule has 1 aromatic rings. The summed E-state index contributed by atoms with van der Waals surface area (Å²) in [6.07, 6.45) is 3.73. The lowest BCUT2D eigenvalue weighted by atomic mass is 10.2. The summed E-state index contributed by atoms with van der Waals surface area (Å²) in [7, 11) is 1.78. The molecule has 1 saturated heterocycles. The van der Waals surface area contributed by atoms with E-state index in [-0.39, 0.29) is 29.9 Å². The number of aliphatic imine (C=N–C) groups is 1. The molecule has 1 heterocycles. The van der Waals surface area contributed by atoms with Gasteiger partial charge in [-0.2, -0.15) is 11.8 Å². The van der Waals surface area contributed by atoms with Crippen molar-refractivity contribution in [1.82, 2.24) is 10.6 Å². The van der Waals surface area contributed by atoms with Crippen LogP contribution in [0.1, 0.15) is 25.3 Å². The Morgan fingerprint density at radius 1 is 1.33 bits per heavy atom. The molecule has 2 rings (SSSR count). The smallest absolute Gasteiger partial charge is 0.227 e. The fourth-order valence-corrected chi connectivity index (χ4v) is 2.70. The molecule has 0 saturated carbocycles. The lowest BCUT2D eigenvalue weighted by Gasteiger charge is -2.17. The van der Waals surface area contributed by atoms with E-state index < -0.39 is 0 Å². The third kappa shape index (κ3) is 6.16. The third-order valence-electron chi connectivity index (χ3n) is 3.96. The number of nitrogens with zero attached hydrogens (tertiary/aromatic N) is 2. The van der Waals surface area contributed by atoms with Crippen molar-refractivity contribution in [1.29, 1.82) is 0 Å². The maximum atomic E-state index is 11.8. The number of amides is 1. The van der Waals surface area contributed by atoms with E-state index >= 15 is 0 Å². The van der Waals surface area contributed by atoms with Crippen LogP contribution >= 0.6 is 35.7 Å². The van der Waals surface area contributed by atoms with Crippen molar-refractivity contribution in [3.05, 3.63) is 29.8 Å². The number of anilines is 1. The second-order valence-electron chi connectivity index (χ2n) is 5.67. The number of hydrogen-bond acceptors (Lipinski definition) is 3. The molecule has 5 nitrogen and oxygen atoms in total. The Balaban J connectivity index is 0.00000288. The number of nitrogens with one attached hydrogen (secondary N) is 2. The number of hydrogen-bond donors (Lipinski definition) is 2. The van der Waals surface area contributed by atoms with Gasteiger partial charge in [0.2, 0.25) is 5.91 Å². The Bertz CT molecular complexity index is 550. The third-order valence-corrected chi connectivity index (χ3v) is 4.94. The highest BCUT2D eigenvalue weighted by molar-refractivity contribution is 14.0. The molecule has 0 aliphatic carbocycles. The summed E-state index contributed by atoms with van der Waals surface area (Å²) in [5, 5.41) is 7.18. The van der Waals surface area contributed by atoms with Crippen LogP contribution in [0.4, 0.5) is 5.69 Å². The maximum Gasteiger partial charge on any atom is 0.227 e. The van der Waals surface area contributed by atoms with Gasteiger partial charge in [0.1, 0.15) is 0 Å². The summed E-state index contributed by atoms with van der Waals surface area (Å²) in [5.74, 6) is 1.04. The first-order valence-electron chi connectivity index (χ1n) is 8.00. The van der Waals surface area contributed by atoms with Gasteiger partial charge in [0.25, 0.3) is 0 Å². The van der Waals surface area contributed by atoms with Crippen LogP contribution in [0, 0.1) is 0 Å². The maximum absolute atomic E-state index is 11.8. The van der Waals surface area contributed by atoms with Crippen LogP contribution in [-0.2, 0) is 11.3 Å². The quantitative estimate of drug-likeness (QED) is 0.388. The molecule has 0 spiro atoms. The fraction of sp³-hybridized carbons (Fsp3) is 0.529. The van der Waals surface area contributed by atoms with Gasteiger partial charge in [0, 0.05) is 44.0 Å². The standard InChI is InChI=1S/C17H26N4OS.HI/c1-13(23-3)11-19-17(18-2)20-12-14-6-8-15(9-7-14)21-10-4-5-16(21)22;/h6-9,13H,4-5,10-12H2,1-3H3,(H2,18,19,20);1H. The van der Waals surface area contributed by atoms with E-state index in [4.69, 9.17) is 0 Å². The topological polar surface area (TPSA) is 56.7 Å². The summed E-state index contributed by atoms with van der Waals surface area (Å²) in [5.41, 5.74) is 2.16. The Morgan fingerprint density at radius 2 is 2.04 bits per heavy atom. The van der Waals surface area contributed by atoms with Gasteiger partial charge in [-0.15, -0.1) is 24.0 Å². The van der Waals surface area contributed by atoms with E-state index in [9.17, 15) is 4.79 Å². The number of halogens is 1. The average molecular weight is 462 g/mol. The Labute approximate surface area is 166 Å². The van der Waals surface area contributed by atoms with Crippen molar-refractivity contribution < 1.29 is 4.79 Å². The number of benzene rings is 1.